The fourth-order valence-corrected chi connectivity index (χ4v) is 1.64. The lowest BCUT2D eigenvalue weighted by Crippen LogP contribution is -2.03. The van der Waals surface area contributed by atoms with Gasteiger partial charge in [-0.3, -0.25) is 4.79 Å². The molecule has 0 aliphatic rings. The molecule has 0 bridgehead atoms. The Hall–Kier alpha value is -2.10. The van der Waals surface area contributed by atoms with Crippen molar-refractivity contribution in [2.45, 2.75) is 6.18 Å². The molecule has 0 saturated carbocycles. The summed E-state index contributed by atoms with van der Waals surface area (Å²) in [5, 5.41) is 0. The normalized spacial score (nSPS) is 11.3. The average molecular weight is 250 g/mol. The fraction of sp³-hybridized carbons (Fsp3) is 0.0714. The van der Waals surface area contributed by atoms with Gasteiger partial charge in [0.25, 0.3) is 0 Å². The van der Waals surface area contributed by atoms with Crippen LogP contribution >= 0.6 is 0 Å². The van der Waals surface area contributed by atoms with E-state index in [0.29, 0.717) is 23.0 Å². The lowest BCUT2D eigenvalue weighted by molar-refractivity contribution is -0.137. The van der Waals surface area contributed by atoms with Gasteiger partial charge in [0.05, 0.1) is 5.56 Å². The first kappa shape index (κ1) is 12.4. The van der Waals surface area contributed by atoms with E-state index < -0.39 is 11.7 Å². The Kier molecular flexibility index (Phi) is 3.19. The van der Waals surface area contributed by atoms with Crippen molar-refractivity contribution in [2.24, 2.45) is 0 Å². The zero-order valence-electron chi connectivity index (χ0n) is 9.24. The number of hydrogen-bond donors (Lipinski definition) is 0. The van der Waals surface area contributed by atoms with E-state index in [4.69, 9.17) is 0 Å². The van der Waals surface area contributed by atoms with Crippen LogP contribution in [0.2, 0.25) is 0 Å². The third kappa shape index (κ3) is 2.59. The number of aldehydes is 1. The van der Waals surface area contributed by atoms with E-state index in [2.05, 4.69) is 0 Å². The Morgan fingerprint density at radius 3 is 2.11 bits per heavy atom. The first-order chi connectivity index (χ1) is 8.50. The summed E-state index contributed by atoms with van der Waals surface area (Å²) < 4.78 is 37.2. The van der Waals surface area contributed by atoms with Gasteiger partial charge in [0.15, 0.2) is 0 Å². The molecule has 1 nitrogen and oxygen atoms in total. The van der Waals surface area contributed by atoms with Crippen LogP contribution in [0.3, 0.4) is 0 Å². The number of rotatable bonds is 2. The lowest BCUT2D eigenvalue weighted by Gasteiger charge is -2.08. The molecule has 2 aromatic rings. The van der Waals surface area contributed by atoms with E-state index in [1.807, 2.05) is 0 Å². The minimum atomic E-state index is -4.33. The van der Waals surface area contributed by atoms with Crippen LogP contribution in [0, 0.1) is 0 Å². The first-order valence-electron chi connectivity index (χ1n) is 5.23. The number of carbonyl (C=O) groups is 1. The Morgan fingerprint density at radius 1 is 0.889 bits per heavy atom. The third-order valence-electron chi connectivity index (χ3n) is 2.57. The second kappa shape index (κ2) is 4.64. The predicted octanol–water partition coefficient (Wildman–Crippen LogP) is 4.18. The molecule has 4 heteroatoms. The van der Waals surface area contributed by atoms with Crippen molar-refractivity contribution in [3.8, 4) is 11.1 Å². The molecule has 0 spiro atoms. The largest absolute Gasteiger partial charge is 0.416 e. The lowest BCUT2D eigenvalue weighted by atomic mass is 10.0. The van der Waals surface area contributed by atoms with Crippen molar-refractivity contribution < 1.29 is 18.0 Å². The van der Waals surface area contributed by atoms with E-state index in [1.54, 1.807) is 24.3 Å². The van der Waals surface area contributed by atoms with Crippen LogP contribution in [0.15, 0.2) is 48.5 Å². The van der Waals surface area contributed by atoms with Crippen molar-refractivity contribution in [3.05, 3.63) is 59.7 Å². The summed E-state index contributed by atoms with van der Waals surface area (Å²) in [6.45, 7) is 0. The van der Waals surface area contributed by atoms with Crippen LogP contribution in [-0.4, -0.2) is 6.29 Å². The number of alkyl halides is 3. The van der Waals surface area contributed by atoms with Gasteiger partial charge < -0.3 is 0 Å². The van der Waals surface area contributed by atoms with Gasteiger partial charge in [-0.05, 0) is 29.3 Å². The molecule has 0 atom stereocenters. The van der Waals surface area contributed by atoms with Crippen LogP contribution in [-0.2, 0) is 6.18 Å². The van der Waals surface area contributed by atoms with Crippen LogP contribution in [0.25, 0.3) is 11.1 Å². The number of hydrogen-bond acceptors (Lipinski definition) is 1. The molecule has 2 rings (SSSR count). The van der Waals surface area contributed by atoms with Crippen molar-refractivity contribution in [1.29, 1.82) is 0 Å². The molecule has 2 aromatic carbocycles. The standard InChI is InChI=1S/C14H9F3O/c15-14(16,17)13-6-4-11(5-7-13)12-3-1-2-10(8-12)9-18/h1-9H. The first-order valence-corrected chi connectivity index (χ1v) is 5.23. The summed E-state index contributed by atoms with van der Waals surface area (Å²) in [7, 11) is 0. The van der Waals surface area contributed by atoms with Crippen LogP contribution < -0.4 is 0 Å². The van der Waals surface area contributed by atoms with Crippen molar-refractivity contribution in [1.82, 2.24) is 0 Å². The monoisotopic (exact) mass is 250 g/mol. The summed E-state index contributed by atoms with van der Waals surface area (Å²) in [5.41, 5.74) is 1.17. The molecule has 18 heavy (non-hydrogen) atoms. The maximum absolute atomic E-state index is 12.4. The molecule has 0 amide bonds. The maximum atomic E-state index is 12.4. The average Bonchev–Trinajstić information content (AvgIpc) is 2.38. The molecule has 0 aromatic heterocycles. The zero-order valence-corrected chi connectivity index (χ0v) is 9.24. The van der Waals surface area contributed by atoms with Crippen LogP contribution in [0.5, 0.6) is 0 Å². The molecule has 92 valence electrons. The molecule has 0 radical (unpaired) electrons. The Morgan fingerprint density at radius 2 is 1.56 bits per heavy atom. The number of halogens is 3. The van der Waals surface area contributed by atoms with Crippen LogP contribution in [0.1, 0.15) is 15.9 Å². The van der Waals surface area contributed by atoms with Gasteiger partial charge in [-0.1, -0.05) is 30.3 Å². The highest BCUT2D eigenvalue weighted by Crippen LogP contribution is 2.31. The summed E-state index contributed by atoms with van der Waals surface area (Å²) in [5.74, 6) is 0. The van der Waals surface area contributed by atoms with E-state index in [0.717, 1.165) is 12.1 Å². The second-order valence-electron chi connectivity index (χ2n) is 3.82. The topological polar surface area (TPSA) is 17.1 Å². The SMILES string of the molecule is O=Cc1cccc(-c2ccc(C(F)(F)F)cc2)c1. The summed E-state index contributed by atoms with van der Waals surface area (Å²) in [6.07, 6.45) is -3.63. The minimum Gasteiger partial charge on any atom is -0.298 e. The van der Waals surface area contributed by atoms with Gasteiger partial charge in [0.2, 0.25) is 0 Å². The fourth-order valence-electron chi connectivity index (χ4n) is 1.64. The molecule has 0 saturated heterocycles. The summed E-state index contributed by atoms with van der Waals surface area (Å²) in [4.78, 5) is 10.6. The molecule has 0 aliphatic heterocycles. The molecular weight excluding hydrogens is 241 g/mol. The van der Waals surface area contributed by atoms with Gasteiger partial charge >= 0.3 is 6.18 Å². The molecule has 0 heterocycles. The third-order valence-corrected chi connectivity index (χ3v) is 2.57. The Balaban J connectivity index is 2.37. The van der Waals surface area contributed by atoms with Gasteiger partial charge in [0, 0.05) is 5.56 Å². The highest BCUT2D eigenvalue weighted by Gasteiger charge is 2.29. The maximum Gasteiger partial charge on any atom is 0.416 e. The van der Waals surface area contributed by atoms with Crippen LogP contribution in [0.4, 0.5) is 13.2 Å². The highest BCUT2D eigenvalue weighted by atomic mass is 19.4. The van der Waals surface area contributed by atoms with Gasteiger partial charge in [0.1, 0.15) is 6.29 Å². The van der Waals surface area contributed by atoms with Gasteiger partial charge in [-0.25, -0.2) is 0 Å². The predicted molar refractivity (Wildman–Crippen MR) is 62.3 cm³/mol. The zero-order chi connectivity index (χ0) is 13.2. The molecule has 0 fully saturated rings. The summed E-state index contributed by atoms with van der Waals surface area (Å²) in [6, 6.07) is 11.6. The molecule has 0 N–H and O–H groups in total. The number of benzene rings is 2. The molecule has 0 aliphatic carbocycles. The van der Waals surface area contributed by atoms with Crippen molar-refractivity contribution >= 4 is 6.29 Å². The van der Waals surface area contributed by atoms with Crippen molar-refractivity contribution in [3.63, 3.8) is 0 Å². The van der Waals surface area contributed by atoms with Crippen molar-refractivity contribution in [2.75, 3.05) is 0 Å². The Bertz CT molecular complexity index is 556. The minimum absolute atomic E-state index is 0.493. The van der Waals surface area contributed by atoms with E-state index in [1.165, 1.54) is 12.1 Å². The second-order valence-corrected chi connectivity index (χ2v) is 3.82. The Labute approximate surface area is 102 Å². The quantitative estimate of drug-likeness (QED) is 0.730. The van der Waals surface area contributed by atoms with E-state index in [9.17, 15) is 18.0 Å². The molecule has 0 unspecified atom stereocenters. The van der Waals surface area contributed by atoms with Gasteiger partial charge in [-0.15, -0.1) is 0 Å². The van der Waals surface area contributed by atoms with Gasteiger partial charge in [-0.2, -0.15) is 13.2 Å². The molecular formula is C14H9F3O. The number of carbonyl (C=O) groups excluding carboxylic acids is 1. The summed E-state index contributed by atoms with van der Waals surface area (Å²) >= 11 is 0. The smallest absolute Gasteiger partial charge is 0.298 e. The highest BCUT2D eigenvalue weighted by molar-refractivity contribution is 5.78. The van der Waals surface area contributed by atoms with E-state index >= 15 is 0 Å². The van der Waals surface area contributed by atoms with E-state index in [-0.39, 0.29) is 0 Å².